The maximum absolute atomic E-state index is 12.9. The van der Waals surface area contributed by atoms with Crippen molar-refractivity contribution in [1.82, 2.24) is 10.2 Å². The Morgan fingerprint density at radius 1 is 1.17 bits per heavy atom. The van der Waals surface area contributed by atoms with Gasteiger partial charge in [0.2, 0.25) is 0 Å². The van der Waals surface area contributed by atoms with Gasteiger partial charge in [0.25, 0.3) is 15.9 Å². The molecule has 30 heavy (non-hydrogen) atoms. The molecule has 1 atom stereocenters. The van der Waals surface area contributed by atoms with Gasteiger partial charge in [0.15, 0.2) is 0 Å². The molecular formula is C21H28ClN3O4S. The van der Waals surface area contributed by atoms with Gasteiger partial charge in [0.1, 0.15) is 10.6 Å². The minimum Gasteiger partial charge on any atom is -0.495 e. The Bertz CT molecular complexity index is 985. The highest BCUT2D eigenvalue weighted by atomic mass is 35.5. The zero-order valence-corrected chi connectivity index (χ0v) is 19.3. The molecule has 1 unspecified atom stereocenters. The van der Waals surface area contributed by atoms with Crippen LogP contribution in [0.1, 0.15) is 24.2 Å². The van der Waals surface area contributed by atoms with Crippen molar-refractivity contribution >= 4 is 33.2 Å². The molecule has 0 heterocycles. The van der Waals surface area contributed by atoms with E-state index in [9.17, 15) is 13.2 Å². The summed E-state index contributed by atoms with van der Waals surface area (Å²) in [5, 5.41) is 2.88. The van der Waals surface area contributed by atoms with E-state index in [2.05, 4.69) is 23.9 Å². The minimum atomic E-state index is -4.04. The number of hydrogen-bond donors (Lipinski definition) is 2. The average molecular weight is 454 g/mol. The van der Waals surface area contributed by atoms with Gasteiger partial charge >= 0.3 is 0 Å². The third-order valence-corrected chi connectivity index (χ3v) is 6.59. The first-order valence-corrected chi connectivity index (χ1v) is 11.3. The lowest BCUT2D eigenvalue weighted by atomic mass is 10.0. The minimum absolute atomic E-state index is 0.0160. The fourth-order valence-electron chi connectivity index (χ4n) is 3.09. The van der Waals surface area contributed by atoms with E-state index < -0.39 is 10.0 Å². The largest absolute Gasteiger partial charge is 0.495 e. The molecule has 9 heteroatoms. The Balaban J connectivity index is 2.26. The second-order valence-corrected chi connectivity index (χ2v) is 9.49. The maximum Gasteiger partial charge on any atom is 0.263 e. The number of benzene rings is 2. The molecule has 0 aliphatic rings. The average Bonchev–Trinajstić information content (AvgIpc) is 2.67. The van der Waals surface area contributed by atoms with Crippen LogP contribution in [-0.4, -0.2) is 53.0 Å². The van der Waals surface area contributed by atoms with Crippen LogP contribution in [0, 0.1) is 5.92 Å². The monoisotopic (exact) mass is 453 g/mol. The van der Waals surface area contributed by atoms with Gasteiger partial charge in [-0.2, -0.15) is 0 Å². The number of ether oxygens (including phenoxy) is 1. The summed E-state index contributed by atoms with van der Waals surface area (Å²) in [4.78, 5) is 14.5. The Morgan fingerprint density at radius 2 is 1.83 bits per heavy atom. The van der Waals surface area contributed by atoms with Gasteiger partial charge in [0.05, 0.1) is 17.8 Å². The number of carbonyl (C=O) groups excluding carboxylic acids is 1. The number of anilines is 1. The van der Waals surface area contributed by atoms with E-state index in [1.165, 1.54) is 25.3 Å². The first-order valence-electron chi connectivity index (χ1n) is 9.46. The van der Waals surface area contributed by atoms with Crippen molar-refractivity contribution in [1.29, 1.82) is 0 Å². The zero-order chi connectivity index (χ0) is 22.5. The lowest BCUT2D eigenvalue weighted by molar-refractivity contribution is 0.0934. The predicted molar refractivity (Wildman–Crippen MR) is 120 cm³/mol. The van der Waals surface area contributed by atoms with E-state index in [-0.39, 0.29) is 33.1 Å². The highest BCUT2D eigenvalue weighted by Gasteiger charge is 2.22. The number of rotatable bonds is 9. The molecule has 164 valence electrons. The number of nitrogens with one attached hydrogen (secondary N) is 2. The van der Waals surface area contributed by atoms with E-state index in [1.807, 2.05) is 19.0 Å². The molecule has 0 fully saturated rings. The van der Waals surface area contributed by atoms with Crippen LogP contribution >= 0.6 is 11.6 Å². The molecule has 2 aromatic rings. The standard InChI is InChI=1S/C21H28ClN3O4S/c1-14(2)18(25(3)4)13-23-21(26)15-10-11-16(22)20(12-15)30(27,28)24-17-8-6-7-9-19(17)29-5/h6-12,14,18,24H,13H2,1-5H3,(H,23,26). The van der Waals surface area contributed by atoms with E-state index in [0.29, 0.717) is 18.2 Å². The normalized spacial score (nSPS) is 12.7. The number of carbonyl (C=O) groups is 1. The van der Waals surface area contributed by atoms with Gasteiger partial charge in [-0.25, -0.2) is 8.42 Å². The van der Waals surface area contributed by atoms with Crippen molar-refractivity contribution < 1.29 is 17.9 Å². The smallest absolute Gasteiger partial charge is 0.263 e. The number of para-hydroxylation sites is 2. The summed E-state index contributed by atoms with van der Waals surface area (Å²) in [6.07, 6.45) is 0. The molecule has 0 aliphatic heterocycles. The third-order valence-electron chi connectivity index (χ3n) is 4.74. The lowest BCUT2D eigenvalue weighted by Gasteiger charge is -2.28. The number of hydrogen-bond acceptors (Lipinski definition) is 5. The highest BCUT2D eigenvalue weighted by molar-refractivity contribution is 7.92. The second kappa shape index (κ2) is 10.1. The van der Waals surface area contributed by atoms with Crippen LogP contribution in [0.3, 0.4) is 0 Å². The number of likely N-dealkylation sites (N-methyl/N-ethyl adjacent to an activating group) is 1. The van der Waals surface area contributed by atoms with Gasteiger partial charge in [-0.05, 0) is 50.3 Å². The molecule has 0 saturated heterocycles. The second-order valence-electron chi connectivity index (χ2n) is 7.44. The van der Waals surface area contributed by atoms with Crippen LogP contribution in [0.15, 0.2) is 47.4 Å². The quantitative estimate of drug-likeness (QED) is 0.607. The molecule has 0 spiro atoms. The van der Waals surface area contributed by atoms with Crippen molar-refractivity contribution in [3.8, 4) is 5.75 Å². The molecule has 0 saturated carbocycles. The Kier molecular flexibility index (Phi) is 8.11. The molecule has 0 radical (unpaired) electrons. The molecule has 7 nitrogen and oxygen atoms in total. The predicted octanol–water partition coefficient (Wildman–Crippen LogP) is 3.47. The molecular weight excluding hydrogens is 426 g/mol. The van der Waals surface area contributed by atoms with Crippen molar-refractivity contribution in [2.24, 2.45) is 5.92 Å². The summed E-state index contributed by atoms with van der Waals surface area (Å²) >= 11 is 6.15. The lowest BCUT2D eigenvalue weighted by Crippen LogP contribution is -2.43. The van der Waals surface area contributed by atoms with Gasteiger partial charge in [-0.1, -0.05) is 37.6 Å². The van der Waals surface area contributed by atoms with Crippen molar-refractivity contribution in [3.63, 3.8) is 0 Å². The van der Waals surface area contributed by atoms with Crippen LogP contribution in [-0.2, 0) is 10.0 Å². The van der Waals surface area contributed by atoms with Gasteiger partial charge < -0.3 is 15.0 Å². The summed E-state index contributed by atoms with van der Waals surface area (Å²) in [5.74, 6) is 0.342. The third kappa shape index (κ3) is 5.87. The summed E-state index contributed by atoms with van der Waals surface area (Å²) in [6, 6.07) is 11.0. The molecule has 0 bridgehead atoms. The number of sulfonamides is 1. The van der Waals surface area contributed by atoms with Crippen LogP contribution in [0.5, 0.6) is 5.75 Å². The number of methoxy groups -OCH3 is 1. The summed E-state index contributed by atoms with van der Waals surface area (Å²) in [7, 11) is 1.31. The van der Waals surface area contributed by atoms with Gasteiger partial charge in [0, 0.05) is 18.2 Å². The molecule has 2 aromatic carbocycles. The van der Waals surface area contributed by atoms with Gasteiger partial charge in [-0.15, -0.1) is 0 Å². The van der Waals surface area contributed by atoms with Crippen LogP contribution in [0.4, 0.5) is 5.69 Å². The molecule has 1 amide bonds. The van der Waals surface area contributed by atoms with Crippen molar-refractivity contribution in [3.05, 3.63) is 53.1 Å². The first-order chi connectivity index (χ1) is 14.1. The number of amides is 1. The Hall–Kier alpha value is -2.29. The maximum atomic E-state index is 12.9. The Labute approximate surface area is 183 Å². The van der Waals surface area contributed by atoms with Crippen LogP contribution < -0.4 is 14.8 Å². The van der Waals surface area contributed by atoms with Crippen molar-refractivity contribution in [2.45, 2.75) is 24.8 Å². The fraction of sp³-hybridized carbons (Fsp3) is 0.381. The van der Waals surface area contributed by atoms with Crippen LogP contribution in [0.25, 0.3) is 0 Å². The summed E-state index contributed by atoms with van der Waals surface area (Å²) in [5.41, 5.74) is 0.484. The Morgan fingerprint density at radius 3 is 2.43 bits per heavy atom. The zero-order valence-electron chi connectivity index (χ0n) is 17.8. The topological polar surface area (TPSA) is 87.7 Å². The van der Waals surface area contributed by atoms with Crippen LogP contribution in [0.2, 0.25) is 5.02 Å². The van der Waals surface area contributed by atoms with E-state index in [4.69, 9.17) is 16.3 Å². The summed E-state index contributed by atoms with van der Waals surface area (Å²) < 4.78 is 33.5. The fourth-order valence-corrected chi connectivity index (χ4v) is 4.69. The molecule has 2 N–H and O–H groups in total. The molecule has 2 rings (SSSR count). The number of halogens is 1. The van der Waals surface area contributed by atoms with E-state index in [0.717, 1.165) is 0 Å². The van der Waals surface area contributed by atoms with E-state index in [1.54, 1.807) is 24.3 Å². The van der Waals surface area contributed by atoms with Gasteiger partial charge in [-0.3, -0.25) is 9.52 Å². The highest BCUT2D eigenvalue weighted by Crippen LogP contribution is 2.29. The van der Waals surface area contributed by atoms with Crippen molar-refractivity contribution in [2.75, 3.05) is 32.5 Å². The number of nitrogens with zero attached hydrogens (tertiary/aromatic N) is 1. The summed E-state index contributed by atoms with van der Waals surface area (Å²) in [6.45, 7) is 4.59. The molecule has 0 aromatic heterocycles. The molecule has 0 aliphatic carbocycles. The first kappa shape index (κ1) is 24.0. The van der Waals surface area contributed by atoms with E-state index >= 15 is 0 Å². The SMILES string of the molecule is COc1ccccc1NS(=O)(=O)c1cc(C(=O)NCC(C(C)C)N(C)C)ccc1Cl.